The number of nitrogens with one attached hydrogen (secondary N) is 3. The quantitative estimate of drug-likeness (QED) is 0.142. The maximum atomic E-state index is 12.1. The van der Waals surface area contributed by atoms with Crippen LogP contribution in [0, 0.1) is 0 Å². The fraction of sp³-hybridized carbons (Fsp3) is 0.632. The lowest BCUT2D eigenvalue weighted by atomic mass is 10.2. The van der Waals surface area contributed by atoms with Gasteiger partial charge in [-0.2, -0.15) is 0 Å². The lowest BCUT2D eigenvalue weighted by molar-refractivity contribution is 0.180. The third-order valence-corrected chi connectivity index (χ3v) is 5.31. The largest absolute Gasteiger partial charge is 0.385 e. The minimum absolute atomic E-state index is 0. The van der Waals surface area contributed by atoms with Gasteiger partial charge in [0.15, 0.2) is 5.96 Å². The number of nitrogens with zero attached hydrogens (tertiary/aromatic N) is 2. The van der Waals surface area contributed by atoms with Crippen LogP contribution in [0.5, 0.6) is 0 Å². The second-order valence-electron chi connectivity index (χ2n) is 6.46. The van der Waals surface area contributed by atoms with Crippen molar-refractivity contribution in [2.45, 2.75) is 19.9 Å². The molecule has 0 aliphatic carbocycles. The van der Waals surface area contributed by atoms with Crippen LogP contribution in [-0.4, -0.2) is 78.5 Å². The minimum atomic E-state index is -3.35. The standard InChI is InChI=1S/C19H35N5O3S.HI/c1-4-20-19(21-11-14-24(2)13-8-15-27-3)22-12-16-28(25,26)23-17-18-9-6-5-7-10-18;/h5-7,9-10,23H,4,8,11-17H2,1-3H3,(H2,20,21,22);1H. The van der Waals surface area contributed by atoms with Gasteiger partial charge in [0.05, 0.1) is 12.3 Å². The van der Waals surface area contributed by atoms with Gasteiger partial charge in [-0.3, -0.25) is 4.99 Å². The van der Waals surface area contributed by atoms with Crippen molar-refractivity contribution in [3.05, 3.63) is 35.9 Å². The smallest absolute Gasteiger partial charge is 0.213 e. The number of likely N-dealkylation sites (N-methyl/N-ethyl adjacent to an activating group) is 1. The first-order chi connectivity index (χ1) is 13.5. The summed E-state index contributed by atoms with van der Waals surface area (Å²) < 4.78 is 32.0. The van der Waals surface area contributed by atoms with Gasteiger partial charge in [0.25, 0.3) is 0 Å². The van der Waals surface area contributed by atoms with E-state index in [9.17, 15) is 8.42 Å². The summed E-state index contributed by atoms with van der Waals surface area (Å²) >= 11 is 0. The van der Waals surface area contributed by atoms with Gasteiger partial charge in [-0.15, -0.1) is 24.0 Å². The topological polar surface area (TPSA) is 95.1 Å². The molecule has 0 unspecified atom stereocenters. The predicted molar refractivity (Wildman–Crippen MR) is 130 cm³/mol. The number of sulfonamides is 1. The van der Waals surface area contributed by atoms with Gasteiger partial charge in [0.2, 0.25) is 10.0 Å². The summed E-state index contributed by atoms with van der Waals surface area (Å²) in [5.41, 5.74) is 0.934. The molecule has 0 aromatic heterocycles. The van der Waals surface area contributed by atoms with Crippen molar-refractivity contribution in [3.8, 4) is 0 Å². The Morgan fingerprint density at radius 1 is 1.17 bits per heavy atom. The van der Waals surface area contributed by atoms with Crippen molar-refractivity contribution in [1.29, 1.82) is 0 Å². The van der Waals surface area contributed by atoms with E-state index < -0.39 is 10.0 Å². The number of hydrogen-bond acceptors (Lipinski definition) is 5. The molecule has 0 aliphatic heterocycles. The molecule has 0 spiro atoms. The summed E-state index contributed by atoms with van der Waals surface area (Å²) in [6.07, 6.45) is 0.989. The Bertz CT molecular complexity index is 659. The Hall–Kier alpha value is -0.950. The van der Waals surface area contributed by atoms with E-state index in [1.54, 1.807) is 7.11 Å². The molecule has 0 saturated carbocycles. The van der Waals surface area contributed by atoms with Gasteiger partial charge < -0.3 is 20.3 Å². The number of halogens is 1. The van der Waals surface area contributed by atoms with Gasteiger partial charge in [0.1, 0.15) is 0 Å². The highest BCUT2D eigenvalue weighted by Crippen LogP contribution is 1.98. The molecule has 10 heteroatoms. The summed E-state index contributed by atoms with van der Waals surface area (Å²) in [6.45, 7) is 6.46. The second-order valence-corrected chi connectivity index (χ2v) is 8.39. The summed E-state index contributed by atoms with van der Waals surface area (Å²) in [4.78, 5) is 6.70. The lowest BCUT2D eigenvalue weighted by Gasteiger charge is -2.16. The van der Waals surface area contributed by atoms with E-state index in [2.05, 4.69) is 32.3 Å². The average Bonchev–Trinajstić information content (AvgIpc) is 2.67. The molecule has 1 aromatic rings. The van der Waals surface area contributed by atoms with Gasteiger partial charge in [0, 0.05) is 46.4 Å². The van der Waals surface area contributed by atoms with E-state index >= 15 is 0 Å². The highest BCUT2D eigenvalue weighted by molar-refractivity contribution is 14.0. The molecular formula is C19H36IN5O3S. The van der Waals surface area contributed by atoms with Crippen LogP contribution >= 0.6 is 24.0 Å². The van der Waals surface area contributed by atoms with E-state index in [-0.39, 0.29) is 29.7 Å². The van der Waals surface area contributed by atoms with Gasteiger partial charge in [-0.05, 0) is 26.0 Å². The van der Waals surface area contributed by atoms with Crippen molar-refractivity contribution in [3.63, 3.8) is 0 Å². The fourth-order valence-corrected chi connectivity index (χ4v) is 3.33. The zero-order valence-electron chi connectivity index (χ0n) is 17.7. The van der Waals surface area contributed by atoms with Crippen molar-refractivity contribution in [2.75, 3.05) is 59.2 Å². The van der Waals surface area contributed by atoms with Crippen LogP contribution in [0.2, 0.25) is 0 Å². The third kappa shape index (κ3) is 14.6. The van der Waals surface area contributed by atoms with Crippen LogP contribution in [0.3, 0.4) is 0 Å². The molecule has 29 heavy (non-hydrogen) atoms. The van der Waals surface area contributed by atoms with E-state index in [4.69, 9.17) is 4.74 Å². The van der Waals surface area contributed by atoms with Gasteiger partial charge in [-0.1, -0.05) is 30.3 Å². The van der Waals surface area contributed by atoms with E-state index in [0.29, 0.717) is 32.1 Å². The number of benzene rings is 1. The third-order valence-electron chi connectivity index (χ3n) is 3.99. The molecule has 0 fully saturated rings. The normalized spacial score (nSPS) is 11.9. The first kappa shape index (κ1) is 28.1. The number of ether oxygens (including phenoxy) is 1. The first-order valence-electron chi connectivity index (χ1n) is 9.67. The summed E-state index contributed by atoms with van der Waals surface area (Å²) in [5.74, 6) is 0.618. The molecule has 0 aliphatic rings. The number of hydrogen-bond donors (Lipinski definition) is 3. The van der Waals surface area contributed by atoms with Crippen molar-refractivity contribution in [1.82, 2.24) is 20.3 Å². The SMILES string of the molecule is CCNC(=NCCN(C)CCCOC)NCCS(=O)(=O)NCc1ccccc1.I. The fourth-order valence-electron chi connectivity index (χ4n) is 2.43. The highest BCUT2D eigenvalue weighted by atomic mass is 127. The van der Waals surface area contributed by atoms with Crippen molar-refractivity contribution < 1.29 is 13.2 Å². The molecule has 0 radical (unpaired) electrons. The summed E-state index contributed by atoms with van der Waals surface area (Å²) in [7, 11) is 0.404. The number of rotatable bonds is 14. The Labute approximate surface area is 192 Å². The second kappa shape index (κ2) is 16.8. The molecule has 168 valence electrons. The van der Waals surface area contributed by atoms with Crippen LogP contribution in [0.4, 0.5) is 0 Å². The van der Waals surface area contributed by atoms with Crippen LogP contribution in [0.15, 0.2) is 35.3 Å². The van der Waals surface area contributed by atoms with Crippen molar-refractivity contribution >= 4 is 40.0 Å². The van der Waals surface area contributed by atoms with E-state index in [0.717, 1.165) is 31.7 Å². The molecule has 0 amide bonds. The predicted octanol–water partition coefficient (Wildman–Crippen LogP) is 1.25. The molecule has 8 nitrogen and oxygen atoms in total. The Morgan fingerprint density at radius 3 is 2.55 bits per heavy atom. The van der Waals surface area contributed by atoms with Gasteiger partial charge >= 0.3 is 0 Å². The molecule has 0 heterocycles. The van der Waals surface area contributed by atoms with Crippen LogP contribution in [-0.2, 0) is 21.3 Å². The van der Waals surface area contributed by atoms with Crippen LogP contribution < -0.4 is 15.4 Å². The molecule has 1 aromatic carbocycles. The summed E-state index contributed by atoms with van der Waals surface area (Å²) in [6, 6.07) is 9.46. The van der Waals surface area contributed by atoms with E-state index in [1.807, 2.05) is 37.3 Å². The first-order valence-corrected chi connectivity index (χ1v) is 11.3. The maximum Gasteiger partial charge on any atom is 0.213 e. The number of guanidine groups is 1. The summed E-state index contributed by atoms with van der Waals surface area (Å²) in [5, 5.41) is 6.22. The zero-order chi connectivity index (χ0) is 20.7. The highest BCUT2D eigenvalue weighted by Gasteiger charge is 2.10. The Morgan fingerprint density at radius 2 is 1.90 bits per heavy atom. The molecular weight excluding hydrogens is 505 g/mol. The van der Waals surface area contributed by atoms with Crippen LogP contribution in [0.25, 0.3) is 0 Å². The average molecular weight is 542 g/mol. The van der Waals surface area contributed by atoms with Crippen molar-refractivity contribution in [2.24, 2.45) is 4.99 Å². The number of aliphatic imine (C=N–C) groups is 1. The number of methoxy groups -OCH3 is 1. The Kier molecular flexibility index (Phi) is 16.3. The minimum Gasteiger partial charge on any atom is -0.385 e. The van der Waals surface area contributed by atoms with Crippen LogP contribution in [0.1, 0.15) is 18.9 Å². The monoisotopic (exact) mass is 541 g/mol. The molecule has 0 atom stereocenters. The molecule has 1 rings (SSSR count). The molecule has 0 bridgehead atoms. The molecule has 3 N–H and O–H groups in total. The Balaban J connectivity index is 0.00000784. The maximum absolute atomic E-state index is 12.1. The zero-order valence-corrected chi connectivity index (χ0v) is 20.8. The molecule has 0 saturated heterocycles. The van der Waals surface area contributed by atoms with E-state index in [1.165, 1.54) is 0 Å². The lowest BCUT2D eigenvalue weighted by Crippen LogP contribution is -2.41. The van der Waals surface area contributed by atoms with Gasteiger partial charge in [-0.25, -0.2) is 13.1 Å².